The van der Waals surface area contributed by atoms with Crippen molar-refractivity contribution in [3.8, 4) is 0 Å². The zero-order valence-corrected chi connectivity index (χ0v) is 11.3. The summed E-state index contributed by atoms with van der Waals surface area (Å²) >= 11 is 1.60. The molecule has 0 rings (SSSR count). The first-order chi connectivity index (χ1) is 7.81. The highest BCUT2D eigenvalue weighted by atomic mass is 32.2. The predicted octanol–water partition coefficient (Wildman–Crippen LogP) is 0.213. The Bertz CT molecular complexity index is 273. The molecule has 0 bridgehead atoms. The van der Waals surface area contributed by atoms with Crippen molar-refractivity contribution in [3.63, 3.8) is 0 Å². The van der Waals surface area contributed by atoms with Gasteiger partial charge in [0.15, 0.2) is 6.04 Å². The molecular formula is C10H20N2O4S. The van der Waals surface area contributed by atoms with Crippen LogP contribution in [0, 0.1) is 0 Å². The Morgan fingerprint density at radius 3 is 2.29 bits per heavy atom. The Morgan fingerprint density at radius 1 is 1.41 bits per heavy atom. The molecule has 0 aromatic carbocycles. The zero-order chi connectivity index (χ0) is 13.6. The van der Waals surface area contributed by atoms with E-state index in [9.17, 15) is 14.7 Å². The highest BCUT2D eigenvalue weighted by molar-refractivity contribution is 7.98. The van der Waals surface area contributed by atoms with Crippen LogP contribution in [0.3, 0.4) is 0 Å². The predicted molar refractivity (Wildman–Crippen MR) is 67.2 cm³/mol. The molecule has 3 atom stereocenters. The van der Waals surface area contributed by atoms with Crippen molar-refractivity contribution in [1.29, 1.82) is 0 Å². The minimum atomic E-state index is -1.29. The van der Waals surface area contributed by atoms with E-state index in [2.05, 4.69) is 5.32 Å². The van der Waals surface area contributed by atoms with E-state index in [0.717, 1.165) is 5.75 Å². The lowest BCUT2D eigenvalue weighted by atomic mass is 10.2. The number of carbonyl (C=O) groups is 2. The van der Waals surface area contributed by atoms with Gasteiger partial charge in [-0.25, -0.2) is 9.59 Å². The van der Waals surface area contributed by atoms with Crippen molar-refractivity contribution in [2.75, 3.05) is 19.1 Å². The number of carboxylic acids is 1. The average Bonchev–Trinajstić information content (AvgIpc) is 2.23. The van der Waals surface area contributed by atoms with E-state index in [1.165, 1.54) is 11.8 Å². The second-order valence-electron chi connectivity index (χ2n) is 3.92. The normalized spacial score (nSPS) is 15.8. The maximum absolute atomic E-state index is 11.7. The first-order valence-electron chi connectivity index (χ1n) is 5.24. The van der Waals surface area contributed by atoms with Gasteiger partial charge in [0.1, 0.15) is 0 Å². The molecule has 0 aliphatic heterocycles. The number of urea groups is 1. The number of hydrogen-bond donors (Lipinski definition) is 3. The van der Waals surface area contributed by atoms with E-state index in [1.807, 2.05) is 13.2 Å². The van der Waals surface area contributed by atoms with E-state index in [0.29, 0.717) is 0 Å². The summed E-state index contributed by atoms with van der Waals surface area (Å²) in [5.74, 6) is -0.490. The van der Waals surface area contributed by atoms with Gasteiger partial charge in [-0.15, -0.1) is 0 Å². The summed E-state index contributed by atoms with van der Waals surface area (Å²) in [6, 6.07) is -1.79. The first kappa shape index (κ1) is 16.1. The topological polar surface area (TPSA) is 89.9 Å². The maximum Gasteiger partial charge on any atom is 0.328 e. The van der Waals surface area contributed by atoms with Crippen molar-refractivity contribution in [2.45, 2.75) is 32.0 Å². The van der Waals surface area contributed by atoms with Crippen LogP contribution in [0.5, 0.6) is 0 Å². The number of carbonyl (C=O) groups excluding carboxylic acids is 1. The fourth-order valence-electron chi connectivity index (χ4n) is 1.18. The highest BCUT2D eigenvalue weighted by Crippen LogP contribution is 2.04. The molecule has 100 valence electrons. The van der Waals surface area contributed by atoms with E-state index >= 15 is 0 Å². The molecule has 0 aromatic rings. The van der Waals surface area contributed by atoms with Gasteiger partial charge >= 0.3 is 12.0 Å². The van der Waals surface area contributed by atoms with Crippen LogP contribution in [-0.4, -0.2) is 64.4 Å². The fraction of sp³-hybridized carbons (Fsp3) is 0.800. The first-order valence-corrected chi connectivity index (χ1v) is 6.63. The summed E-state index contributed by atoms with van der Waals surface area (Å²) in [7, 11) is 1.59. The third kappa shape index (κ3) is 5.27. The van der Waals surface area contributed by atoms with Crippen LogP contribution in [0.2, 0.25) is 0 Å². The molecule has 6 nitrogen and oxygen atoms in total. The number of aliphatic hydroxyl groups excluding tert-OH is 1. The Labute approximate surface area is 105 Å². The summed E-state index contributed by atoms with van der Waals surface area (Å²) in [5.41, 5.74) is 0. The van der Waals surface area contributed by atoms with Gasteiger partial charge in [-0.2, -0.15) is 11.8 Å². The van der Waals surface area contributed by atoms with Crippen LogP contribution in [-0.2, 0) is 4.79 Å². The number of amides is 2. The smallest absolute Gasteiger partial charge is 0.328 e. The molecule has 0 saturated carbocycles. The number of hydrogen-bond acceptors (Lipinski definition) is 4. The van der Waals surface area contributed by atoms with Gasteiger partial charge in [0.2, 0.25) is 0 Å². The molecule has 0 aliphatic carbocycles. The van der Waals surface area contributed by atoms with Crippen molar-refractivity contribution < 1.29 is 19.8 Å². The molecular weight excluding hydrogens is 244 g/mol. The number of carboxylic acid groups (broad SMARTS) is 1. The minimum Gasteiger partial charge on any atom is -0.480 e. The Hall–Kier alpha value is -0.950. The SMILES string of the molecule is CSCC(C)N(C)C(=O)NC(C(=O)O)C(C)O. The molecule has 17 heavy (non-hydrogen) atoms. The van der Waals surface area contributed by atoms with Gasteiger partial charge in [-0.1, -0.05) is 0 Å². The lowest BCUT2D eigenvalue weighted by molar-refractivity contribution is -0.141. The largest absolute Gasteiger partial charge is 0.480 e. The van der Waals surface area contributed by atoms with Gasteiger partial charge in [0, 0.05) is 18.8 Å². The minimum absolute atomic E-state index is 0.00607. The molecule has 0 fully saturated rings. The molecule has 0 spiro atoms. The molecule has 0 heterocycles. The third-order valence-electron chi connectivity index (χ3n) is 2.42. The average molecular weight is 264 g/mol. The maximum atomic E-state index is 11.7. The van der Waals surface area contributed by atoms with E-state index in [1.54, 1.807) is 18.8 Å². The summed E-state index contributed by atoms with van der Waals surface area (Å²) < 4.78 is 0. The molecule has 0 radical (unpaired) electrons. The quantitative estimate of drug-likeness (QED) is 0.638. The molecule has 2 amide bonds. The van der Waals surface area contributed by atoms with E-state index in [-0.39, 0.29) is 6.04 Å². The van der Waals surface area contributed by atoms with E-state index in [4.69, 9.17) is 5.11 Å². The number of rotatable bonds is 6. The molecule has 0 aliphatic rings. The number of nitrogens with one attached hydrogen (secondary N) is 1. The van der Waals surface area contributed by atoms with Crippen LogP contribution in [0.4, 0.5) is 4.79 Å². The van der Waals surface area contributed by atoms with E-state index < -0.39 is 24.1 Å². The number of aliphatic carboxylic acids is 1. The van der Waals surface area contributed by atoms with Crippen LogP contribution < -0.4 is 5.32 Å². The van der Waals surface area contributed by atoms with Crippen LogP contribution in [0.25, 0.3) is 0 Å². The number of thioether (sulfide) groups is 1. The van der Waals surface area contributed by atoms with Crippen molar-refractivity contribution in [2.24, 2.45) is 0 Å². The summed E-state index contributed by atoms with van der Waals surface area (Å²) in [5, 5.41) is 20.3. The number of aliphatic hydroxyl groups is 1. The van der Waals surface area contributed by atoms with Gasteiger partial charge in [-0.05, 0) is 20.1 Å². The van der Waals surface area contributed by atoms with Crippen molar-refractivity contribution in [3.05, 3.63) is 0 Å². The van der Waals surface area contributed by atoms with Gasteiger partial charge in [0.25, 0.3) is 0 Å². The van der Waals surface area contributed by atoms with Gasteiger partial charge < -0.3 is 20.4 Å². The monoisotopic (exact) mass is 264 g/mol. The summed E-state index contributed by atoms with van der Waals surface area (Å²) in [6.07, 6.45) is 0.790. The number of nitrogens with zero attached hydrogens (tertiary/aromatic N) is 1. The standard InChI is InChI=1S/C10H20N2O4S/c1-6(5-17-4)12(3)10(16)11-8(7(2)13)9(14)15/h6-8,13H,5H2,1-4H3,(H,11,16)(H,14,15). The van der Waals surface area contributed by atoms with Gasteiger partial charge in [-0.3, -0.25) is 0 Å². The lowest BCUT2D eigenvalue weighted by Gasteiger charge is -2.27. The highest BCUT2D eigenvalue weighted by Gasteiger charge is 2.27. The van der Waals surface area contributed by atoms with Crippen molar-refractivity contribution in [1.82, 2.24) is 10.2 Å². The van der Waals surface area contributed by atoms with Crippen molar-refractivity contribution >= 4 is 23.8 Å². The third-order valence-corrected chi connectivity index (χ3v) is 3.23. The summed E-state index contributed by atoms with van der Waals surface area (Å²) in [6.45, 7) is 3.19. The molecule has 7 heteroatoms. The fourth-order valence-corrected chi connectivity index (χ4v) is 1.88. The van der Waals surface area contributed by atoms with Crippen LogP contribution in [0.1, 0.15) is 13.8 Å². The Kier molecular flexibility index (Phi) is 6.98. The van der Waals surface area contributed by atoms with Gasteiger partial charge in [0.05, 0.1) is 6.10 Å². The lowest BCUT2D eigenvalue weighted by Crippen LogP contribution is -2.53. The second-order valence-corrected chi connectivity index (χ2v) is 4.83. The van der Waals surface area contributed by atoms with Crippen LogP contribution in [0.15, 0.2) is 0 Å². The summed E-state index contributed by atoms with van der Waals surface area (Å²) in [4.78, 5) is 23.9. The second kappa shape index (κ2) is 7.39. The molecule has 3 unspecified atom stereocenters. The Morgan fingerprint density at radius 2 is 1.94 bits per heavy atom. The zero-order valence-electron chi connectivity index (χ0n) is 10.5. The Balaban J connectivity index is 4.45. The molecule has 0 saturated heterocycles. The molecule has 0 aromatic heterocycles. The molecule has 3 N–H and O–H groups in total. The van der Waals surface area contributed by atoms with Crippen LogP contribution >= 0.6 is 11.8 Å².